The lowest BCUT2D eigenvalue weighted by Gasteiger charge is -2.40. The smallest absolute Gasteiger partial charge is 0.232 e. The van der Waals surface area contributed by atoms with Gasteiger partial charge in [0.25, 0.3) is 0 Å². The second kappa shape index (κ2) is 6.85. The molecule has 0 fully saturated rings. The second-order valence-corrected chi connectivity index (χ2v) is 6.19. The molecule has 25 heavy (non-hydrogen) atoms. The van der Waals surface area contributed by atoms with E-state index in [-0.39, 0.29) is 0 Å². The van der Waals surface area contributed by atoms with Crippen LogP contribution in [0.15, 0.2) is 84.1 Å². The molecule has 2 atom stereocenters. The Labute approximate surface area is 147 Å². The molecular formula is C21H21NO3. The van der Waals surface area contributed by atoms with Gasteiger partial charge in [0, 0.05) is 0 Å². The van der Waals surface area contributed by atoms with Gasteiger partial charge >= 0.3 is 0 Å². The molecular weight excluding hydrogens is 314 g/mol. The normalized spacial score (nSPS) is 22.6. The summed E-state index contributed by atoms with van der Waals surface area (Å²) in [5.41, 5.74) is 5.71. The van der Waals surface area contributed by atoms with E-state index in [1.54, 1.807) is 6.08 Å². The minimum atomic E-state index is -0.925. The molecule has 0 saturated carbocycles. The summed E-state index contributed by atoms with van der Waals surface area (Å²) in [7, 11) is 0. The van der Waals surface area contributed by atoms with E-state index in [9.17, 15) is 4.79 Å². The Morgan fingerprint density at radius 2 is 1.52 bits per heavy atom. The third-order valence-electron chi connectivity index (χ3n) is 4.45. The van der Waals surface area contributed by atoms with E-state index in [0.717, 1.165) is 5.57 Å². The summed E-state index contributed by atoms with van der Waals surface area (Å²) in [5.74, 6) is 0.564. The fourth-order valence-electron chi connectivity index (χ4n) is 2.97. The zero-order chi connectivity index (χ0) is 17.9. The minimum absolute atomic E-state index is 0.475. The summed E-state index contributed by atoms with van der Waals surface area (Å²) >= 11 is 0. The minimum Gasteiger partial charge on any atom is -0.482 e. The zero-order valence-electron chi connectivity index (χ0n) is 14.3. The van der Waals surface area contributed by atoms with Crippen LogP contribution in [0, 0.1) is 5.92 Å². The highest BCUT2D eigenvalue weighted by molar-refractivity contribution is 5.82. The van der Waals surface area contributed by atoms with Crippen LogP contribution in [0.5, 0.6) is 11.5 Å². The van der Waals surface area contributed by atoms with Crippen LogP contribution in [0.3, 0.4) is 0 Å². The molecule has 1 aliphatic carbocycles. The molecule has 0 radical (unpaired) electrons. The number of benzene rings is 2. The SMILES string of the molecule is CC1=CC=C(Oc2ccccc2)C(C(N)=O)C1(C)Oc1ccccc1. The van der Waals surface area contributed by atoms with E-state index in [2.05, 4.69) is 0 Å². The van der Waals surface area contributed by atoms with Crippen molar-refractivity contribution in [3.05, 3.63) is 84.1 Å². The Hall–Kier alpha value is -3.01. The lowest BCUT2D eigenvalue weighted by atomic mass is 9.77. The van der Waals surface area contributed by atoms with Crippen molar-refractivity contribution in [1.29, 1.82) is 0 Å². The number of primary amides is 1. The molecule has 0 bridgehead atoms. The molecule has 2 N–H and O–H groups in total. The Bertz CT molecular complexity index is 812. The Morgan fingerprint density at radius 1 is 0.960 bits per heavy atom. The Balaban J connectivity index is 1.96. The Kier molecular flexibility index (Phi) is 4.61. The summed E-state index contributed by atoms with van der Waals surface area (Å²) in [5, 5.41) is 0. The highest BCUT2D eigenvalue weighted by atomic mass is 16.5. The number of hydrogen-bond donors (Lipinski definition) is 1. The number of rotatable bonds is 5. The fraction of sp³-hybridized carbons (Fsp3) is 0.190. The molecule has 0 heterocycles. The summed E-state index contributed by atoms with van der Waals surface area (Å²) in [4.78, 5) is 12.3. The Morgan fingerprint density at radius 3 is 2.08 bits per heavy atom. The maximum absolute atomic E-state index is 12.3. The molecule has 0 spiro atoms. The van der Waals surface area contributed by atoms with E-state index in [0.29, 0.717) is 17.3 Å². The molecule has 1 aliphatic rings. The van der Waals surface area contributed by atoms with Crippen molar-refractivity contribution in [3.8, 4) is 11.5 Å². The van der Waals surface area contributed by atoms with Crippen molar-refractivity contribution in [2.75, 3.05) is 0 Å². The van der Waals surface area contributed by atoms with Gasteiger partial charge in [-0.1, -0.05) is 42.5 Å². The average Bonchev–Trinajstić information content (AvgIpc) is 2.60. The van der Waals surface area contributed by atoms with Crippen LogP contribution in [-0.4, -0.2) is 11.5 Å². The predicted octanol–water partition coefficient (Wildman–Crippen LogP) is 3.85. The number of allylic oxidation sites excluding steroid dienone is 2. The van der Waals surface area contributed by atoms with E-state index in [1.165, 1.54) is 0 Å². The van der Waals surface area contributed by atoms with Gasteiger partial charge in [-0.15, -0.1) is 0 Å². The van der Waals surface area contributed by atoms with Crippen molar-refractivity contribution in [2.24, 2.45) is 11.7 Å². The molecule has 128 valence electrons. The topological polar surface area (TPSA) is 61.5 Å². The largest absolute Gasteiger partial charge is 0.482 e. The molecule has 4 heteroatoms. The van der Waals surface area contributed by atoms with E-state index in [1.807, 2.05) is 80.6 Å². The maximum atomic E-state index is 12.3. The fourth-order valence-corrected chi connectivity index (χ4v) is 2.97. The monoisotopic (exact) mass is 335 g/mol. The number of hydrogen-bond acceptors (Lipinski definition) is 3. The van der Waals surface area contributed by atoms with Gasteiger partial charge in [0.15, 0.2) is 0 Å². The van der Waals surface area contributed by atoms with Crippen molar-refractivity contribution >= 4 is 5.91 Å². The highest BCUT2D eigenvalue weighted by Gasteiger charge is 2.47. The van der Waals surface area contributed by atoms with Gasteiger partial charge in [-0.2, -0.15) is 0 Å². The molecule has 3 rings (SSSR count). The summed E-state index contributed by atoms with van der Waals surface area (Å²) in [6.07, 6.45) is 3.69. The first-order valence-electron chi connectivity index (χ1n) is 8.16. The molecule has 4 nitrogen and oxygen atoms in total. The third-order valence-corrected chi connectivity index (χ3v) is 4.45. The van der Waals surface area contributed by atoms with Gasteiger partial charge in [-0.25, -0.2) is 0 Å². The molecule has 0 aliphatic heterocycles. The van der Waals surface area contributed by atoms with Crippen LogP contribution in [0.1, 0.15) is 13.8 Å². The zero-order valence-corrected chi connectivity index (χ0v) is 14.3. The van der Waals surface area contributed by atoms with Crippen molar-refractivity contribution in [1.82, 2.24) is 0 Å². The van der Waals surface area contributed by atoms with Crippen LogP contribution in [0.2, 0.25) is 0 Å². The quantitative estimate of drug-likeness (QED) is 0.903. The van der Waals surface area contributed by atoms with E-state index in [4.69, 9.17) is 15.2 Å². The van der Waals surface area contributed by atoms with Crippen LogP contribution >= 0.6 is 0 Å². The highest BCUT2D eigenvalue weighted by Crippen LogP contribution is 2.39. The lowest BCUT2D eigenvalue weighted by molar-refractivity contribution is -0.126. The van der Waals surface area contributed by atoms with Crippen molar-refractivity contribution < 1.29 is 14.3 Å². The van der Waals surface area contributed by atoms with Gasteiger partial charge in [0.05, 0.1) is 0 Å². The first-order valence-corrected chi connectivity index (χ1v) is 8.16. The van der Waals surface area contributed by atoms with Crippen LogP contribution in [-0.2, 0) is 4.79 Å². The van der Waals surface area contributed by atoms with Crippen molar-refractivity contribution in [2.45, 2.75) is 19.4 Å². The summed E-state index contributed by atoms with van der Waals surface area (Å²) < 4.78 is 12.2. The first-order chi connectivity index (χ1) is 12.0. The van der Waals surface area contributed by atoms with E-state index < -0.39 is 17.4 Å². The number of nitrogens with two attached hydrogens (primary N) is 1. The molecule has 2 unspecified atom stereocenters. The molecule has 2 aromatic carbocycles. The third kappa shape index (κ3) is 3.43. The number of carbonyl (C=O) groups is 1. The predicted molar refractivity (Wildman–Crippen MR) is 97.1 cm³/mol. The lowest BCUT2D eigenvalue weighted by Crippen LogP contribution is -2.51. The second-order valence-electron chi connectivity index (χ2n) is 6.19. The first kappa shape index (κ1) is 16.8. The average molecular weight is 335 g/mol. The van der Waals surface area contributed by atoms with Gasteiger partial charge in [0.2, 0.25) is 5.91 Å². The summed E-state index contributed by atoms with van der Waals surface area (Å²) in [6.45, 7) is 3.79. The van der Waals surface area contributed by atoms with E-state index >= 15 is 0 Å². The van der Waals surface area contributed by atoms with Gasteiger partial charge < -0.3 is 15.2 Å². The van der Waals surface area contributed by atoms with Gasteiger partial charge in [0.1, 0.15) is 28.8 Å². The molecule has 2 aromatic rings. The van der Waals surface area contributed by atoms with Crippen LogP contribution in [0.4, 0.5) is 0 Å². The number of para-hydroxylation sites is 2. The molecule has 0 aromatic heterocycles. The van der Waals surface area contributed by atoms with Gasteiger partial charge in [-0.3, -0.25) is 4.79 Å². The number of amides is 1. The number of ether oxygens (including phenoxy) is 2. The molecule has 0 saturated heterocycles. The van der Waals surface area contributed by atoms with Gasteiger partial charge in [-0.05, 0) is 49.8 Å². The maximum Gasteiger partial charge on any atom is 0.232 e. The van der Waals surface area contributed by atoms with Crippen LogP contribution in [0.25, 0.3) is 0 Å². The summed E-state index contributed by atoms with van der Waals surface area (Å²) in [6, 6.07) is 18.7. The number of carbonyl (C=O) groups excluding carboxylic acids is 1. The molecule has 1 amide bonds. The van der Waals surface area contributed by atoms with Crippen LogP contribution < -0.4 is 15.2 Å². The standard InChI is InChI=1S/C21H21NO3/c1-15-13-14-18(24-16-9-5-3-6-10-16)19(20(22)23)21(15,2)25-17-11-7-4-8-12-17/h3-14,19H,1-2H3,(H2,22,23). The van der Waals surface area contributed by atoms with Crippen molar-refractivity contribution in [3.63, 3.8) is 0 Å².